The maximum absolute atomic E-state index is 13.7. The molecule has 0 bridgehead atoms. The number of hydrogen-bond acceptors (Lipinski definition) is 3. The molecule has 33 heavy (non-hydrogen) atoms. The summed E-state index contributed by atoms with van der Waals surface area (Å²) in [5.41, 5.74) is 6.32. The normalized spacial score (nSPS) is 20.0. The van der Waals surface area contributed by atoms with Crippen LogP contribution >= 0.6 is 11.6 Å². The standard InChI is InChI=1S/C28H25ClN2O2/c1-17-7-9-20(10-8-17)28-27-24(30-23-5-3-4-6-25(23)31(28)18(2)32)15-21(16-26(27)33)19-11-13-22(29)14-12-19/h3-14,21,28,30H,15-16H2,1-2H3/t21-,28+/m0/s1. The summed E-state index contributed by atoms with van der Waals surface area (Å²) in [7, 11) is 0. The van der Waals surface area contributed by atoms with E-state index in [2.05, 4.69) is 5.32 Å². The molecule has 5 rings (SSSR count). The zero-order chi connectivity index (χ0) is 23.1. The Balaban J connectivity index is 1.69. The Morgan fingerprint density at radius 1 is 0.939 bits per heavy atom. The fraction of sp³-hybridized carbons (Fsp3) is 0.214. The number of aryl methyl sites for hydroxylation is 1. The van der Waals surface area contributed by atoms with E-state index in [0.717, 1.165) is 33.8 Å². The molecule has 3 aromatic rings. The lowest BCUT2D eigenvalue weighted by molar-refractivity contribution is -0.117. The zero-order valence-electron chi connectivity index (χ0n) is 18.6. The molecule has 4 nitrogen and oxygen atoms in total. The molecular weight excluding hydrogens is 432 g/mol. The van der Waals surface area contributed by atoms with Gasteiger partial charge in [0, 0.05) is 29.6 Å². The number of Topliss-reactive ketones (excluding diaryl/α,β-unsaturated/α-hetero) is 1. The summed E-state index contributed by atoms with van der Waals surface area (Å²) in [4.78, 5) is 28.5. The van der Waals surface area contributed by atoms with Crippen LogP contribution in [0.1, 0.15) is 48.4 Å². The van der Waals surface area contributed by atoms with Gasteiger partial charge in [-0.05, 0) is 54.7 Å². The van der Waals surface area contributed by atoms with Gasteiger partial charge in [-0.25, -0.2) is 0 Å². The molecule has 5 heteroatoms. The van der Waals surface area contributed by atoms with Crippen molar-refractivity contribution in [2.75, 3.05) is 10.2 Å². The minimum Gasteiger partial charge on any atom is -0.357 e. The van der Waals surface area contributed by atoms with Crippen LogP contribution in [0, 0.1) is 6.92 Å². The number of anilines is 2. The van der Waals surface area contributed by atoms with E-state index in [-0.39, 0.29) is 17.6 Å². The van der Waals surface area contributed by atoms with E-state index < -0.39 is 6.04 Å². The molecule has 1 heterocycles. The van der Waals surface area contributed by atoms with E-state index in [0.29, 0.717) is 23.4 Å². The van der Waals surface area contributed by atoms with Crippen molar-refractivity contribution in [1.29, 1.82) is 0 Å². The topological polar surface area (TPSA) is 49.4 Å². The number of ketones is 1. The van der Waals surface area contributed by atoms with Gasteiger partial charge in [0.1, 0.15) is 0 Å². The van der Waals surface area contributed by atoms with Crippen molar-refractivity contribution in [2.45, 2.75) is 38.6 Å². The molecule has 1 aliphatic heterocycles. The van der Waals surface area contributed by atoms with Crippen LogP contribution in [0.2, 0.25) is 5.02 Å². The van der Waals surface area contributed by atoms with Gasteiger partial charge in [-0.1, -0.05) is 65.7 Å². The van der Waals surface area contributed by atoms with E-state index in [1.165, 1.54) is 0 Å². The van der Waals surface area contributed by atoms with Crippen LogP contribution in [0.5, 0.6) is 0 Å². The van der Waals surface area contributed by atoms with E-state index in [1.807, 2.05) is 79.7 Å². The first-order valence-electron chi connectivity index (χ1n) is 11.2. The number of halogens is 1. The van der Waals surface area contributed by atoms with Crippen molar-refractivity contribution in [2.24, 2.45) is 0 Å². The molecule has 1 aliphatic carbocycles. The highest BCUT2D eigenvalue weighted by atomic mass is 35.5. The summed E-state index contributed by atoms with van der Waals surface area (Å²) >= 11 is 6.09. The maximum Gasteiger partial charge on any atom is 0.224 e. The number of rotatable bonds is 2. The molecule has 1 N–H and O–H groups in total. The smallest absolute Gasteiger partial charge is 0.224 e. The third-order valence-electron chi connectivity index (χ3n) is 6.56. The third-order valence-corrected chi connectivity index (χ3v) is 6.81. The Kier molecular flexibility index (Phi) is 5.55. The van der Waals surface area contributed by atoms with Crippen molar-refractivity contribution >= 4 is 34.7 Å². The predicted molar refractivity (Wildman–Crippen MR) is 133 cm³/mol. The number of hydrogen-bond donors (Lipinski definition) is 1. The van der Waals surface area contributed by atoms with Gasteiger partial charge >= 0.3 is 0 Å². The molecule has 0 saturated carbocycles. The van der Waals surface area contributed by atoms with Crippen molar-refractivity contribution in [3.05, 3.63) is 106 Å². The second kappa shape index (κ2) is 8.53. The Morgan fingerprint density at radius 3 is 2.30 bits per heavy atom. The van der Waals surface area contributed by atoms with Gasteiger partial charge in [-0.15, -0.1) is 0 Å². The van der Waals surface area contributed by atoms with Gasteiger partial charge in [-0.3, -0.25) is 14.5 Å². The number of carbonyl (C=O) groups excluding carboxylic acids is 2. The van der Waals surface area contributed by atoms with Gasteiger partial charge in [-0.2, -0.15) is 0 Å². The summed E-state index contributed by atoms with van der Waals surface area (Å²) in [6.45, 7) is 3.59. The number of fused-ring (bicyclic) bond motifs is 1. The molecular formula is C28H25ClN2O2. The average molecular weight is 457 g/mol. The van der Waals surface area contributed by atoms with E-state index in [9.17, 15) is 9.59 Å². The Hall–Kier alpha value is -3.37. The number of para-hydroxylation sites is 2. The summed E-state index contributed by atoms with van der Waals surface area (Å²) < 4.78 is 0. The van der Waals surface area contributed by atoms with Crippen molar-refractivity contribution < 1.29 is 9.59 Å². The van der Waals surface area contributed by atoms with Gasteiger partial charge < -0.3 is 5.32 Å². The van der Waals surface area contributed by atoms with Crippen molar-refractivity contribution in [3.8, 4) is 0 Å². The number of amides is 1. The largest absolute Gasteiger partial charge is 0.357 e. The van der Waals surface area contributed by atoms with Crippen molar-refractivity contribution in [3.63, 3.8) is 0 Å². The number of nitrogens with one attached hydrogen (secondary N) is 1. The van der Waals surface area contributed by atoms with Gasteiger partial charge in [0.2, 0.25) is 5.91 Å². The molecule has 0 spiro atoms. The highest BCUT2D eigenvalue weighted by molar-refractivity contribution is 6.30. The van der Waals surface area contributed by atoms with Gasteiger partial charge in [0.15, 0.2) is 5.78 Å². The quantitative estimate of drug-likeness (QED) is 0.474. The first-order valence-corrected chi connectivity index (χ1v) is 11.5. The second-order valence-corrected chi connectivity index (χ2v) is 9.25. The van der Waals surface area contributed by atoms with Crippen LogP contribution < -0.4 is 10.2 Å². The molecule has 0 fully saturated rings. The molecule has 2 atom stereocenters. The van der Waals surface area contributed by atoms with E-state index in [1.54, 1.807) is 11.8 Å². The summed E-state index contributed by atoms with van der Waals surface area (Å²) in [6, 6.07) is 23.1. The lowest BCUT2D eigenvalue weighted by Crippen LogP contribution is -2.37. The summed E-state index contributed by atoms with van der Waals surface area (Å²) in [5, 5.41) is 4.22. The highest BCUT2D eigenvalue weighted by Crippen LogP contribution is 2.47. The number of benzene rings is 3. The van der Waals surface area contributed by atoms with Crippen LogP contribution in [-0.2, 0) is 9.59 Å². The van der Waals surface area contributed by atoms with Gasteiger partial charge in [0.25, 0.3) is 0 Å². The number of carbonyl (C=O) groups is 2. The molecule has 1 amide bonds. The maximum atomic E-state index is 13.7. The predicted octanol–water partition coefficient (Wildman–Crippen LogP) is 6.57. The number of allylic oxidation sites excluding steroid dienone is 1. The minimum atomic E-state index is -0.479. The molecule has 2 aliphatic rings. The molecule has 166 valence electrons. The van der Waals surface area contributed by atoms with Crippen LogP contribution in [0.15, 0.2) is 84.1 Å². The average Bonchev–Trinajstić information content (AvgIpc) is 2.94. The SMILES string of the molecule is CC(=O)N1c2ccccc2NC2=C(C(=O)C[C@@H](c3ccc(Cl)cc3)C2)[C@H]1c1ccc(C)cc1. The first-order chi connectivity index (χ1) is 15.9. The Bertz CT molecular complexity index is 1260. The van der Waals surface area contributed by atoms with E-state index in [4.69, 9.17) is 11.6 Å². The highest BCUT2D eigenvalue weighted by Gasteiger charge is 2.40. The lowest BCUT2D eigenvalue weighted by Gasteiger charge is -2.34. The van der Waals surface area contributed by atoms with Crippen LogP contribution in [0.4, 0.5) is 11.4 Å². The molecule has 0 aromatic heterocycles. The van der Waals surface area contributed by atoms with Crippen molar-refractivity contribution in [1.82, 2.24) is 0 Å². The lowest BCUT2D eigenvalue weighted by atomic mass is 9.78. The van der Waals surface area contributed by atoms with Crippen LogP contribution in [-0.4, -0.2) is 11.7 Å². The third kappa shape index (κ3) is 3.96. The van der Waals surface area contributed by atoms with Crippen LogP contribution in [0.3, 0.4) is 0 Å². The van der Waals surface area contributed by atoms with Gasteiger partial charge in [0.05, 0.1) is 17.4 Å². The molecule has 3 aromatic carbocycles. The van der Waals surface area contributed by atoms with Crippen LogP contribution in [0.25, 0.3) is 0 Å². The molecule has 0 radical (unpaired) electrons. The Morgan fingerprint density at radius 2 is 1.61 bits per heavy atom. The van der Waals surface area contributed by atoms with E-state index >= 15 is 0 Å². The second-order valence-electron chi connectivity index (χ2n) is 8.82. The Labute approximate surface area is 198 Å². The monoisotopic (exact) mass is 456 g/mol. The summed E-state index contributed by atoms with van der Waals surface area (Å²) in [5.74, 6) is 0.0141. The summed E-state index contributed by atoms with van der Waals surface area (Å²) in [6.07, 6.45) is 1.08. The fourth-order valence-corrected chi connectivity index (χ4v) is 5.10. The zero-order valence-corrected chi connectivity index (χ0v) is 19.4. The minimum absolute atomic E-state index is 0.0516. The number of nitrogens with zero attached hydrogens (tertiary/aromatic N) is 1. The molecule has 0 unspecified atom stereocenters. The fourth-order valence-electron chi connectivity index (χ4n) is 4.97. The first kappa shape index (κ1) is 21.5. The molecule has 0 saturated heterocycles.